The molecule has 0 heterocycles. The molecule has 0 aliphatic heterocycles. The second-order valence-corrected chi connectivity index (χ2v) is 19.8. The van der Waals surface area contributed by atoms with Crippen LogP contribution in [0.5, 0.6) is 0 Å². The van der Waals surface area contributed by atoms with Crippen molar-refractivity contribution < 1.29 is 28.6 Å². The number of carbonyl (C=O) groups is 3. The Balaban J connectivity index is 4.51. The van der Waals surface area contributed by atoms with Crippen LogP contribution in [0.15, 0.2) is 146 Å². The van der Waals surface area contributed by atoms with Crippen LogP contribution in [0.3, 0.4) is 0 Å². The van der Waals surface area contributed by atoms with Gasteiger partial charge in [0.1, 0.15) is 13.2 Å². The van der Waals surface area contributed by atoms with E-state index in [4.69, 9.17) is 14.2 Å². The largest absolute Gasteiger partial charge is 0.462 e. The predicted molar refractivity (Wildman–Crippen MR) is 329 cm³/mol. The van der Waals surface area contributed by atoms with Gasteiger partial charge in [0.05, 0.1) is 0 Å². The zero-order valence-electron chi connectivity index (χ0n) is 49.0. The highest BCUT2D eigenvalue weighted by molar-refractivity contribution is 5.71. The molecule has 0 radical (unpaired) electrons. The highest BCUT2D eigenvalue weighted by Crippen LogP contribution is 2.14. The molecule has 0 saturated carbocycles. The van der Waals surface area contributed by atoms with Crippen LogP contribution in [-0.2, 0) is 28.6 Å². The lowest BCUT2D eigenvalue weighted by atomic mass is 10.1. The lowest BCUT2D eigenvalue weighted by Gasteiger charge is -2.18. The summed E-state index contributed by atoms with van der Waals surface area (Å²) in [4.78, 5) is 38.3. The van der Waals surface area contributed by atoms with Crippen molar-refractivity contribution in [2.45, 2.75) is 264 Å². The number of esters is 3. The van der Waals surface area contributed by atoms with E-state index in [1.807, 2.05) is 0 Å². The summed E-state index contributed by atoms with van der Waals surface area (Å²) in [5.41, 5.74) is 0. The molecule has 0 amide bonds. The maximum absolute atomic E-state index is 12.9. The molecule has 428 valence electrons. The third kappa shape index (κ3) is 60.2. The van der Waals surface area contributed by atoms with E-state index in [1.165, 1.54) is 57.8 Å². The van der Waals surface area contributed by atoms with E-state index >= 15 is 0 Å². The molecule has 0 aromatic carbocycles. The second-order valence-electron chi connectivity index (χ2n) is 19.8. The Hall–Kier alpha value is -4.71. The highest BCUT2D eigenvalue weighted by atomic mass is 16.6. The molecule has 0 aliphatic carbocycles. The van der Waals surface area contributed by atoms with Gasteiger partial charge in [0.2, 0.25) is 0 Å². The van der Waals surface area contributed by atoms with Crippen LogP contribution in [0.25, 0.3) is 0 Å². The van der Waals surface area contributed by atoms with E-state index in [0.717, 1.165) is 161 Å². The van der Waals surface area contributed by atoms with Gasteiger partial charge >= 0.3 is 17.9 Å². The van der Waals surface area contributed by atoms with Crippen LogP contribution in [0.1, 0.15) is 258 Å². The summed E-state index contributed by atoms with van der Waals surface area (Å²) in [5.74, 6) is -0.964. The first-order valence-corrected chi connectivity index (χ1v) is 30.8. The van der Waals surface area contributed by atoms with Crippen LogP contribution in [0, 0.1) is 0 Å². The molecule has 76 heavy (non-hydrogen) atoms. The van der Waals surface area contributed by atoms with E-state index in [1.54, 1.807) is 0 Å². The molecule has 1 unspecified atom stereocenters. The van der Waals surface area contributed by atoms with Crippen molar-refractivity contribution in [3.05, 3.63) is 146 Å². The summed E-state index contributed by atoms with van der Waals surface area (Å²) in [5, 5.41) is 0. The fourth-order valence-electron chi connectivity index (χ4n) is 8.00. The molecule has 6 heteroatoms. The minimum atomic E-state index is -0.812. The van der Waals surface area contributed by atoms with Crippen molar-refractivity contribution in [2.24, 2.45) is 0 Å². The molecule has 0 spiro atoms. The van der Waals surface area contributed by atoms with Crippen molar-refractivity contribution in [1.29, 1.82) is 0 Å². The summed E-state index contributed by atoms with van der Waals surface area (Å²) in [7, 11) is 0. The topological polar surface area (TPSA) is 78.9 Å². The Bertz CT molecular complexity index is 1680. The minimum Gasteiger partial charge on any atom is -0.462 e. The van der Waals surface area contributed by atoms with Crippen LogP contribution < -0.4 is 0 Å². The van der Waals surface area contributed by atoms with Crippen molar-refractivity contribution >= 4 is 17.9 Å². The number of carbonyl (C=O) groups excluding carboxylic acids is 3. The molecule has 0 bridgehead atoms. The van der Waals surface area contributed by atoms with Gasteiger partial charge in [0.15, 0.2) is 6.10 Å². The Labute approximate surface area is 467 Å². The van der Waals surface area contributed by atoms with Gasteiger partial charge in [-0.1, -0.05) is 244 Å². The first-order chi connectivity index (χ1) is 37.5. The first-order valence-electron chi connectivity index (χ1n) is 30.8. The van der Waals surface area contributed by atoms with Gasteiger partial charge in [-0.05, 0) is 141 Å². The summed E-state index contributed by atoms with van der Waals surface area (Å²) in [6.07, 6.45) is 89.8. The molecule has 0 aromatic rings. The van der Waals surface area contributed by atoms with E-state index in [9.17, 15) is 14.4 Å². The Morgan fingerprint density at radius 1 is 0.276 bits per heavy atom. The van der Waals surface area contributed by atoms with Crippen molar-refractivity contribution in [3.63, 3.8) is 0 Å². The van der Waals surface area contributed by atoms with Crippen LogP contribution >= 0.6 is 0 Å². The third-order valence-corrected chi connectivity index (χ3v) is 12.6. The standard InChI is InChI=1S/C70H112O6/c1-4-7-10-13-16-19-22-25-28-31-33-34-35-36-37-40-42-45-48-51-54-57-60-63-69(72)75-66-67(65-74-68(71)62-59-56-53-50-47-44-41-38-30-27-24-21-18-15-12-9-6-3)76-70(73)64-61-58-55-52-49-46-43-39-32-29-26-23-20-17-14-11-8-5-2/h7,9-10,12,16,18-21,23,25,27-30,32-34,36-37,41-42,44-45,67H,4-6,8,11,13-15,17,22,24,26,31,35,38-40,43,46-66H2,1-3H3/b10-7-,12-9-,19-16-,21-18-,23-20-,28-25-,30-27-,32-29-,34-33-,37-36-,44-41-,45-42-. The van der Waals surface area contributed by atoms with E-state index in [0.29, 0.717) is 19.3 Å². The highest BCUT2D eigenvalue weighted by Gasteiger charge is 2.19. The number of hydrogen-bond acceptors (Lipinski definition) is 6. The second kappa shape index (κ2) is 62.8. The van der Waals surface area contributed by atoms with Crippen LogP contribution in [0.2, 0.25) is 0 Å². The molecule has 0 aromatic heterocycles. The number of hydrogen-bond donors (Lipinski definition) is 0. The first kappa shape index (κ1) is 71.3. The van der Waals surface area contributed by atoms with E-state index < -0.39 is 6.10 Å². The lowest BCUT2D eigenvalue weighted by molar-refractivity contribution is -0.167. The Morgan fingerprint density at radius 3 is 0.803 bits per heavy atom. The number of ether oxygens (including phenoxy) is 3. The maximum Gasteiger partial charge on any atom is 0.306 e. The molecule has 0 rings (SSSR count). The maximum atomic E-state index is 12.9. The lowest BCUT2D eigenvalue weighted by Crippen LogP contribution is -2.30. The molecule has 0 N–H and O–H groups in total. The predicted octanol–water partition coefficient (Wildman–Crippen LogP) is 21.2. The van der Waals surface area contributed by atoms with Crippen LogP contribution in [0.4, 0.5) is 0 Å². The quantitative estimate of drug-likeness (QED) is 0.0261. The van der Waals surface area contributed by atoms with Crippen LogP contribution in [-0.4, -0.2) is 37.2 Å². The Kier molecular flexibility index (Phi) is 58.9. The molecule has 6 nitrogen and oxygen atoms in total. The summed E-state index contributed by atoms with van der Waals surface area (Å²) < 4.78 is 16.9. The van der Waals surface area contributed by atoms with Crippen molar-refractivity contribution in [3.8, 4) is 0 Å². The van der Waals surface area contributed by atoms with Gasteiger partial charge in [-0.25, -0.2) is 0 Å². The fourth-order valence-corrected chi connectivity index (χ4v) is 8.00. The van der Waals surface area contributed by atoms with Gasteiger partial charge in [-0.15, -0.1) is 0 Å². The molecule has 0 aliphatic rings. The van der Waals surface area contributed by atoms with Gasteiger partial charge in [-0.3, -0.25) is 14.4 Å². The molecular formula is C70H112O6. The normalized spacial score (nSPS) is 13.1. The van der Waals surface area contributed by atoms with E-state index in [2.05, 4.69) is 167 Å². The number of rotatable bonds is 54. The van der Waals surface area contributed by atoms with E-state index in [-0.39, 0.29) is 31.1 Å². The fraction of sp³-hybridized carbons (Fsp3) is 0.614. The summed E-state index contributed by atoms with van der Waals surface area (Å²) >= 11 is 0. The van der Waals surface area contributed by atoms with Gasteiger partial charge in [-0.2, -0.15) is 0 Å². The van der Waals surface area contributed by atoms with Gasteiger partial charge in [0, 0.05) is 19.3 Å². The Morgan fingerprint density at radius 2 is 0.513 bits per heavy atom. The van der Waals surface area contributed by atoms with Crippen molar-refractivity contribution in [1.82, 2.24) is 0 Å². The average molecular weight is 1050 g/mol. The SMILES string of the molecule is CC/C=C\C/C=C\C/C=C\C/C=C\C/C=C\C/C=C\CCCCCCC(=O)OCC(COC(=O)CCCCCC/C=C\C/C=C\C/C=C\C/C=C\CC)OC(=O)CCCCCCCCC/C=C\C/C=C\CCCCCC. The zero-order valence-corrected chi connectivity index (χ0v) is 49.0. The third-order valence-electron chi connectivity index (χ3n) is 12.6. The zero-order chi connectivity index (χ0) is 55.0. The molecule has 1 atom stereocenters. The molecule has 0 fully saturated rings. The van der Waals surface area contributed by atoms with Gasteiger partial charge in [0.25, 0.3) is 0 Å². The van der Waals surface area contributed by atoms with Gasteiger partial charge < -0.3 is 14.2 Å². The summed E-state index contributed by atoms with van der Waals surface area (Å²) in [6, 6.07) is 0. The number of unbranched alkanes of at least 4 members (excludes halogenated alkanes) is 19. The van der Waals surface area contributed by atoms with Crippen molar-refractivity contribution in [2.75, 3.05) is 13.2 Å². The average Bonchev–Trinajstić information content (AvgIpc) is 3.42. The monoisotopic (exact) mass is 1050 g/mol. The minimum absolute atomic E-state index is 0.108. The molecule has 0 saturated heterocycles. The smallest absolute Gasteiger partial charge is 0.306 e. The number of allylic oxidation sites excluding steroid dienone is 24. The molecular weight excluding hydrogens is 937 g/mol. The summed E-state index contributed by atoms with van der Waals surface area (Å²) in [6.45, 7) is 6.35.